The van der Waals surface area contributed by atoms with Crippen LogP contribution in [-0.2, 0) is 13.1 Å². The van der Waals surface area contributed by atoms with Crippen LogP contribution >= 0.6 is 0 Å². The lowest BCUT2D eigenvalue weighted by atomic mass is 9.97. The van der Waals surface area contributed by atoms with Gasteiger partial charge in [0.25, 0.3) is 0 Å². The number of nitrogens with zero attached hydrogens (tertiary/aromatic N) is 3. The SMILES string of the molecule is CCNC(=NCc1ccnc2ccccc12)NC1CCN(Cc2ccccc2)C(C)C1. The molecule has 5 heteroatoms. The lowest BCUT2D eigenvalue weighted by Gasteiger charge is -2.38. The van der Waals surface area contributed by atoms with E-state index in [4.69, 9.17) is 4.99 Å². The number of aliphatic imine (C=N–C) groups is 1. The molecule has 1 fully saturated rings. The summed E-state index contributed by atoms with van der Waals surface area (Å²) < 4.78 is 0. The van der Waals surface area contributed by atoms with Gasteiger partial charge in [0, 0.05) is 43.3 Å². The number of guanidine groups is 1. The van der Waals surface area contributed by atoms with Gasteiger partial charge >= 0.3 is 0 Å². The Bertz CT molecular complexity index is 996. The summed E-state index contributed by atoms with van der Waals surface area (Å²) in [6, 6.07) is 22.1. The highest BCUT2D eigenvalue weighted by atomic mass is 15.2. The first-order valence-corrected chi connectivity index (χ1v) is 11.4. The zero-order valence-electron chi connectivity index (χ0n) is 18.6. The minimum absolute atomic E-state index is 0.439. The van der Waals surface area contributed by atoms with Gasteiger partial charge in [0.2, 0.25) is 0 Å². The molecule has 162 valence electrons. The van der Waals surface area contributed by atoms with Crippen LogP contribution in [0.15, 0.2) is 71.9 Å². The van der Waals surface area contributed by atoms with E-state index in [1.807, 2.05) is 12.3 Å². The second-order valence-corrected chi connectivity index (χ2v) is 8.35. The highest BCUT2D eigenvalue weighted by Gasteiger charge is 2.26. The second kappa shape index (κ2) is 10.4. The Hall–Kier alpha value is -2.92. The van der Waals surface area contributed by atoms with E-state index in [2.05, 4.69) is 89.0 Å². The van der Waals surface area contributed by atoms with Crippen molar-refractivity contribution in [1.82, 2.24) is 20.5 Å². The molecule has 1 aliphatic rings. The molecular weight excluding hydrogens is 382 g/mol. The Balaban J connectivity index is 1.38. The molecule has 0 bridgehead atoms. The van der Waals surface area contributed by atoms with Gasteiger partial charge in [-0.3, -0.25) is 9.88 Å². The summed E-state index contributed by atoms with van der Waals surface area (Å²) >= 11 is 0. The van der Waals surface area contributed by atoms with Crippen molar-refractivity contribution in [2.45, 2.75) is 51.9 Å². The fourth-order valence-electron chi connectivity index (χ4n) is 4.38. The van der Waals surface area contributed by atoms with E-state index in [0.717, 1.165) is 44.0 Å². The van der Waals surface area contributed by atoms with Crippen molar-refractivity contribution in [3.05, 3.63) is 78.0 Å². The summed E-state index contributed by atoms with van der Waals surface area (Å²) in [6.45, 7) is 8.07. The fourth-order valence-corrected chi connectivity index (χ4v) is 4.38. The molecule has 1 aliphatic heterocycles. The molecule has 2 unspecified atom stereocenters. The highest BCUT2D eigenvalue weighted by Crippen LogP contribution is 2.20. The first-order chi connectivity index (χ1) is 15.2. The van der Waals surface area contributed by atoms with Crippen molar-refractivity contribution in [2.24, 2.45) is 4.99 Å². The standard InChI is InChI=1S/C26H33N5/c1-3-27-26(29-18-22-13-15-28-25-12-8-7-11-24(22)25)30-23-14-16-31(20(2)17-23)19-21-9-5-4-6-10-21/h4-13,15,20,23H,3,14,16-19H2,1-2H3,(H2,27,29,30). The van der Waals surface area contributed by atoms with Crippen LogP contribution < -0.4 is 10.6 Å². The van der Waals surface area contributed by atoms with Crippen LogP contribution in [0.5, 0.6) is 0 Å². The van der Waals surface area contributed by atoms with Crippen molar-refractivity contribution in [3.8, 4) is 0 Å². The van der Waals surface area contributed by atoms with E-state index in [-0.39, 0.29) is 0 Å². The normalized spacial score (nSPS) is 20.0. The van der Waals surface area contributed by atoms with E-state index in [1.165, 1.54) is 16.5 Å². The maximum Gasteiger partial charge on any atom is 0.191 e. The summed E-state index contributed by atoms with van der Waals surface area (Å²) in [5.41, 5.74) is 3.61. The lowest BCUT2D eigenvalue weighted by molar-refractivity contribution is 0.134. The average molecular weight is 416 g/mol. The van der Waals surface area contributed by atoms with Crippen LogP contribution in [0.4, 0.5) is 0 Å². The van der Waals surface area contributed by atoms with Gasteiger partial charge in [-0.15, -0.1) is 0 Å². The van der Waals surface area contributed by atoms with Crippen LogP contribution in [0.1, 0.15) is 37.8 Å². The molecule has 1 saturated heterocycles. The van der Waals surface area contributed by atoms with E-state index >= 15 is 0 Å². The molecular formula is C26H33N5. The first kappa shape index (κ1) is 21.3. The van der Waals surface area contributed by atoms with E-state index in [9.17, 15) is 0 Å². The monoisotopic (exact) mass is 415 g/mol. The number of fused-ring (bicyclic) bond motifs is 1. The van der Waals surface area contributed by atoms with Gasteiger partial charge in [-0.2, -0.15) is 0 Å². The summed E-state index contributed by atoms with van der Waals surface area (Å²) in [5, 5.41) is 8.28. The maximum absolute atomic E-state index is 4.89. The molecule has 3 aromatic rings. The number of benzene rings is 2. The zero-order chi connectivity index (χ0) is 21.5. The van der Waals surface area contributed by atoms with Crippen molar-refractivity contribution < 1.29 is 0 Å². The summed E-state index contributed by atoms with van der Waals surface area (Å²) in [4.78, 5) is 11.9. The quantitative estimate of drug-likeness (QED) is 0.464. The number of hydrogen-bond acceptors (Lipinski definition) is 3. The third-order valence-electron chi connectivity index (χ3n) is 6.07. The third kappa shape index (κ3) is 5.61. The molecule has 0 saturated carbocycles. The van der Waals surface area contributed by atoms with Gasteiger partial charge in [0.05, 0.1) is 12.1 Å². The maximum atomic E-state index is 4.89. The molecule has 2 atom stereocenters. The van der Waals surface area contributed by atoms with Crippen molar-refractivity contribution in [3.63, 3.8) is 0 Å². The van der Waals surface area contributed by atoms with Crippen LogP contribution in [-0.4, -0.2) is 41.0 Å². The number of nitrogens with one attached hydrogen (secondary N) is 2. The number of para-hydroxylation sites is 1. The predicted octanol–water partition coefficient (Wildman–Crippen LogP) is 4.34. The Morgan fingerprint density at radius 3 is 2.71 bits per heavy atom. The van der Waals surface area contributed by atoms with E-state index in [0.29, 0.717) is 18.6 Å². The number of piperidine rings is 1. The lowest BCUT2D eigenvalue weighted by Crippen LogP contribution is -2.51. The van der Waals surface area contributed by atoms with E-state index < -0.39 is 0 Å². The smallest absolute Gasteiger partial charge is 0.191 e. The van der Waals surface area contributed by atoms with Gasteiger partial charge in [-0.05, 0) is 49.9 Å². The van der Waals surface area contributed by atoms with Gasteiger partial charge in [0.15, 0.2) is 5.96 Å². The molecule has 2 N–H and O–H groups in total. The Morgan fingerprint density at radius 2 is 1.90 bits per heavy atom. The van der Waals surface area contributed by atoms with Crippen molar-refractivity contribution in [1.29, 1.82) is 0 Å². The first-order valence-electron chi connectivity index (χ1n) is 11.4. The number of aromatic nitrogens is 1. The Morgan fingerprint density at radius 1 is 1.10 bits per heavy atom. The van der Waals surface area contributed by atoms with Crippen LogP contribution in [0, 0.1) is 0 Å². The average Bonchev–Trinajstić information content (AvgIpc) is 2.80. The number of likely N-dealkylation sites (tertiary alicyclic amines) is 1. The second-order valence-electron chi connectivity index (χ2n) is 8.35. The minimum Gasteiger partial charge on any atom is -0.357 e. The van der Waals surface area contributed by atoms with Crippen LogP contribution in [0.25, 0.3) is 10.9 Å². The Kier molecular flexibility index (Phi) is 7.15. The summed E-state index contributed by atoms with van der Waals surface area (Å²) in [5.74, 6) is 0.900. The highest BCUT2D eigenvalue weighted by molar-refractivity contribution is 5.83. The molecule has 31 heavy (non-hydrogen) atoms. The summed E-state index contributed by atoms with van der Waals surface area (Å²) in [6.07, 6.45) is 4.12. The molecule has 4 rings (SSSR count). The number of pyridine rings is 1. The zero-order valence-corrected chi connectivity index (χ0v) is 18.6. The van der Waals surface area contributed by atoms with Gasteiger partial charge in [0.1, 0.15) is 0 Å². The molecule has 0 radical (unpaired) electrons. The molecule has 1 aromatic heterocycles. The van der Waals surface area contributed by atoms with Crippen molar-refractivity contribution >= 4 is 16.9 Å². The topological polar surface area (TPSA) is 52.6 Å². The molecule has 5 nitrogen and oxygen atoms in total. The largest absolute Gasteiger partial charge is 0.357 e. The number of rotatable bonds is 6. The van der Waals surface area contributed by atoms with Crippen LogP contribution in [0.2, 0.25) is 0 Å². The fraction of sp³-hybridized carbons (Fsp3) is 0.385. The van der Waals surface area contributed by atoms with Gasteiger partial charge < -0.3 is 10.6 Å². The number of hydrogen-bond donors (Lipinski definition) is 2. The molecule has 0 aliphatic carbocycles. The van der Waals surface area contributed by atoms with Gasteiger partial charge in [-0.1, -0.05) is 48.5 Å². The minimum atomic E-state index is 0.439. The van der Waals surface area contributed by atoms with E-state index in [1.54, 1.807) is 0 Å². The third-order valence-corrected chi connectivity index (χ3v) is 6.07. The molecule has 0 spiro atoms. The van der Waals surface area contributed by atoms with Crippen LogP contribution in [0.3, 0.4) is 0 Å². The summed E-state index contributed by atoms with van der Waals surface area (Å²) in [7, 11) is 0. The molecule has 2 heterocycles. The van der Waals surface area contributed by atoms with Gasteiger partial charge in [-0.25, -0.2) is 4.99 Å². The molecule has 2 aromatic carbocycles. The van der Waals surface area contributed by atoms with Crippen molar-refractivity contribution in [2.75, 3.05) is 13.1 Å². The Labute approximate surface area is 185 Å². The predicted molar refractivity (Wildman–Crippen MR) is 129 cm³/mol. The molecule has 0 amide bonds.